The Hall–Kier alpha value is -1.72. The van der Waals surface area contributed by atoms with Crippen LogP contribution in [-0.2, 0) is 4.79 Å². The van der Waals surface area contributed by atoms with Gasteiger partial charge in [-0.05, 0) is 0 Å². The third kappa shape index (κ3) is 2.87. The van der Waals surface area contributed by atoms with E-state index in [9.17, 15) is 18.0 Å². The van der Waals surface area contributed by atoms with Gasteiger partial charge in [0.05, 0.1) is 0 Å². The maximum Gasteiger partial charge on any atom is 0.252 e. The normalized spacial score (nSPS) is 9.87. The lowest BCUT2D eigenvalue weighted by molar-refractivity contribution is -0.127. The van der Waals surface area contributed by atoms with Gasteiger partial charge in [0.15, 0.2) is 23.2 Å². The van der Waals surface area contributed by atoms with Crippen LogP contribution in [0.25, 0.3) is 0 Å². The molecule has 0 aliphatic carbocycles. The number of benzene rings is 1. The van der Waals surface area contributed by atoms with Gasteiger partial charge in [-0.3, -0.25) is 4.79 Å². The van der Waals surface area contributed by atoms with Crippen molar-refractivity contribution < 1.29 is 22.8 Å². The highest BCUT2D eigenvalue weighted by Crippen LogP contribution is 2.19. The monoisotopic (exact) mass is 219 g/mol. The van der Waals surface area contributed by atoms with Crippen LogP contribution >= 0.6 is 0 Å². The third-order valence-electron chi connectivity index (χ3n) is 1.57. The molecule has 0 radical (unpaired) electrons. The molecule has 0 fully saturated rings. The van der Waals surface area contributed by atoms with Gasteiger partial charge in [-0.25, -0.2) is 13.2 Å². The second-order valence-corrected chi connectivity index (χ2v) is 2.68. The number of carbonyl (C=O) groups is 1. The van der Waals surface area contributed by atoms with E-state index in [1.54, 1.807) is 6.92 Å². The fourth-order valence-corrected chi connectivity index (χ4v) is 0.767. The second kappa shape index (κ2) is 4.68. The first-order valence-electron chi connectivity index (χ1n) is 4.14. The molecule has 1 aromatic carbocycles. The predicted molar refractivity (Wildman–Crippen MR) is 45.4 cm³/mol. The molecule has 15 heavy (non-hydrogen) atoms. The van der Waals surface area contributed by atoms with Gasteiger partial charge in [0.2, 0.25) is 0 Å². The maximum atomic E-state index is 12.9. The smallest absolute Gasteiger partial charge is 0.252 e. The lowest BCUT2D eigenvalue weighted by atomic mass is 10.3. The number of rotatable bonds is 3. The lowest BCUT2D eigenvalue weighted by Crippen LogP contribution is -2.26. The minimum absolute atomic E-state index is 0.130. The molecule has 1 aromatic rings. The number of halogens is 3. The SMILES string of the molecule is CCC(=O)NOc1cc(F)c(F)cc1F. The van der Waals surface area contributed by atoms with Crippen LogP contribution in [0, 0.1) is 17.5 Å². The van der Waals surface area contributed by atoms with Gasteiger partial charge in [-0.1, -0.05) is 6.92 Å². The summed E-state index contributed by atoms with van der Waals surface area (Å²) in [6, 6.07) is 0.851. The molecule has 0 saturated carbocycles. The quantitative estimate of drug-likeness (QED) is 0.623. The number of nitrogens with one attached hydrogen (secondary N) is 1. The first kappa shape index (κ1) is 11.4. The van der Waals surface area contributed by atoms with E-state index in [0.717, 1.165) is 0 Å². The Balaban J connectivity index is 2.77. The number of hydrogen-bond acceptors (Lipinski definition) is 2. The molecule has 82 valence electrons. The van der Waals surface area contributed by atoms with Crippen molar-refractivity contribution in [3.63, 3.8) is 0 Å². The molecule has 0 saturated heterocycles. The maximum absolute atomic E-state index is 12.9. The zero-order chi connectivity index (χ0) is 11.4. The van der Waals surface area contributed by atoms with Crippen molar-refractivity contribution in [3.05, 3.63) is 29.6 Å². The number of hydrogen-bond donors (Lipinski definition) is 1. The number of amides is 1. The molecule has 6 heteroatoms. The van der Waals surface area contributed by atoms with Crippen molar-refractivity contribution in [2.45, 2.75) is 13.3 Å². The molecular formula is C9H8F3NO2. The Morgan fingerprint density at radius 1 is 1.27 bits per heavy atom. The van der Waals surface area contributed by atoms with Crippen molar-refractivity contribution in [2.75, 3.05) is 0 Å². The van der Waals surface area contributed by atoms with Gasteiger partial charge in [-0.2, -0.15) is 5.48 Å². The highest BCUT2D eigenvalue weighted by molar-refractivity contribution is 5.74. The van der Waals surface area contributed by atoms with E-state index in [1.165, 1.54) is 0 Å². The van der Waals surface area contributed by atoms with Crippen molar-refractivity contribution >= 4 is 5.91 Å². The molecule has 0 aliphatic rings. The van der Waals surface area contributed by atoms with Gasteiger partial charge >= 0.3 is 0 Å². The van der Waals surface area contributed by atoms with Crippen LogP contribution in [0.1, 0.15) is 13.3 Å². The van der Waals surface area contributed by atoms with Crippen LogP contribution in [0.4, 0.5) is 13.2 Å². The summed E-state index contributed by atoms with van der Waals surface area (Å²) in [5, 5.41) is 0. The van der Waals surface area contributed by atoms with Crippen LogP contribution in [0.3, 0.4) is 0 Å². The predicted octanol–water partition coefficient (Wildman–Crippen LogP) is 1.92. The van der Waals surface area contributed by atoms with Crippen molar-refractivity contribution in [2.24, 2.45) is 0 Å². The van der Waals surface area contributed by atoms with E-state index in [4.69, 9.17) is 0 Å². The minimum Gasteiger partial charge on any atom is -0.376 e. The van der Waals surface area contributed by atoms with Gasteiger partial charge in [0.1, 0.15) is 0 Å². The van der Waals surface area contributed by atoms with Crippen LogP contribution in [0.2, 0.25) is 0 Å². The largest absolute Gasteiger partial charge is 0.376 e. The van der Waals surface area contributed by atoms with E-state index in [1.807, 2.05) is 5.48 Å². The first-order valence-corrected chi connectivity index (χ1v) is 4.14. The standard InChI is InChI=1S/C9H8F3NO2/c1-2-9(14)13-15-8-4-6(11)5(10)3-7(8)12/h3-4H,2H2,1H3,(H,13,14). The van der Waals surface area contributed by atoms with Gasteiger partial charge in [-0.15, -0.1) is 0 Å². The first-order chi connectivity index (χ1) is 7.04. The number of hydroxylamine groups is 1. The third-order valence-corrected chi connectivity index (χ3v) is 1.57. The summed E-state index contributed by atoms with van der Waals surface area (Å²) in [6.45, 7) is 1.56. The topological polar surface area (TPSA) is 38.3 Å². The van der Waals surface area contributed by atoms with Crippen LogP contribution in [-0.4, -0.2) is 5.91 Å². The van der Waals surface area contributed by atoms with Gasteiger partial charge < -0.3 is 4.84 Å². The Morgan fingerprint density at radius 3 is 2.47 bits per heavy atom. The molecular weight excluding hydrogens is 211 g/mol. The molecule has 0 bridgehead atoms. The van der Waals surface area contributed by atoms with Crippen molar-refractivity contribution in [1.29, 1.82) is 0 Å². The molecule has 3 nitrogen and oxygen atoms in total. The summed E-state index contributed by atoms with van der Waals surface area (Å²) < 4.78 is 38.0. The summed E-state index contributed by atoms with van der Waals surface area (Å²) in [6.07, 6.45) is 0.130. The van der Waals surface area contributed by atoms with E-state index >= 15 is 0 Å². The fraction of sp³-hybridized carbons (Fsp3) is 0.222. The molecule has 1 N–H and O–H groups in total. The Morgan fingerprint density at radius 2 is 1.87 bits per heavy atom. The molecule has 1 amide bonds. The van der Waals surface area contributed by atoms with E-state index in [0.29, 0.717) is 12.1 Å². The van der Waals surface area contributed by atoms with Crippen LogP contribution in [0.15, 0.2) is 12.1 Å². The zero-order valence-corrected chi connectivity index (χ0v) is 7.81. The zero-order valence-electron chi connectivity index (χ0n) is 7.81. The Bertz CT molecular complexity index is 382. The summed E-state index contributed by atoms with van der Waals surface area (Å²) in [7, 11) is 0. The van der Waals surface area contributed by atoms with E-state index in [-0.39, 0.29) is 6.42 Å². The summed E-state index contributed by atoms with van der Waals surface area (Å²) in [5.74, 6) is -4.74. The molecule has 0 aromatic heterocycles. The molecule has 0 spiro atoms. The van der Waals surface area contributed by atoms with Crippen LogP contribution in [0.5, 0.6) is 5.75 Å². The fourth-order valence-electron chi connectivity index (χ4n) is 0.767. The average Bonchev–Trinajstić information content (AvgIpc) is 2.21. The molecule has 1 rings (SSSR count). The van der Waals surface area contributed by atoms with Crippen LogP contribution < -0.4 is 10.3 Å². The minimum atomic E-state index is -1.32. The Kier molecular flexibility index (Phi) is 3.54. The summed E-state index contributed by atoms with van der Waals surface area (Å²) in [4.78, 5) is 15.2. The summed E-state index contributed by atoms with van der Waals surface area (Å²) in [5.41, 5.74) is 1.87. The lowest BCUT2D eigenvalue weighted by Gasteiger charge is -2.06. The highest BCUT2D eigenvalue weighted by atomic mass is 19.2. The molecule has 0 atom stereocenters. The average molecular weight is 219 g/mol. The molecule has 0 aliphatic heterocycles. The van der Waals surface area contributed by atoms with E-state index in [2.05, 4.69) is 4.84 Å². The molecule has 0 heterocycles. The van der Waals surface area contributed by atoms with Gasteiger partial charge in [0.25, 0.3) is 5.91 Å². The second-order valence-electron chi connectivity index (χ2n) is 2.68. The molecule has 0 unspecified atom stereocenters. The summed E-state index contributed by atoms with van der Waals surface area (Å²) >= 11 is 0. The van der Waals surface area contributed by atoms with Crippen molar-refractivity contribution in [1.82, 2.24) is 5.48 Å². The highest BCUT2D eigenvalue weighted by Gasteiger charge is 2.11. The van der Waals surface area contributed by atoms with E-state index < -0.39 is 29.1 Å². The van der Waals surface area contributed by atoms with Gasteiger partial charge in [0, 0.05) is 18.6 Å². The van der Waals surface area contributed by atoms with Crippen molar-refractivity contribution in [3.8, 4) is 5.75 Å². The Labute approximate surface area is 83.8 Å². The number of carbonyl (C=O) groups excluding carboxylic acids is 1.